The van der Waals surface area contributed by atoms with Crippen LogP contribution in [-0.2, 0) is 11.3 Å². The van der Waals surface area contributed by atoms with E-state index in [9.17, 15) is 14.7 Å². The van der Waals surface area contributed by atoms with Gasteiger partial charge in [0.1, 0.15) is 6.04 Å². The van der Waals surface area contributed by atoms with Crippen LogP contribution in [-0.4, -0.2) is 27.9 Å². The van der Waals surface area contributed by atoms with Gasteiger partial charge in [-0.25, -0.2) is 4.79 Å². The lowest BCUT2D eigenvalue weighted by Gasteiger charge is -2.27. The van der Waals surface area contributed by atoms with Gasteiger partial charge in [0.15, 0.2) is 0 Å². The van der Waals surface area contributed by atoms with Crippen molar-refractivity contribution in [1.82, 2.24) is 4.90 Å². The van der Waals surface area contributed by atoms with Crippen molar-refractivity contribution >= 4 is 23.5 Å². The number of rotatable bonds is 3. The monoisotopic (exact) mass is 267 g/mol. The number of benzene rings is 1. The number of amides is 1. The SMILES string of the molecule is CC(C)[C@H](C(=O)O)N1Cc2cccc(Cl)c2C1=O. The molecular weight excluding hydrogens is 254 g/mol. The fourth-order valence-corrected chi connectivity index (χ4v) is 2.62. The van der Waals surface area contributed by atoms with Gasteiger partial charge in [-0.3, -0.25) is 4.79 Å². The van der Waals surface area contributed by atoms with Crippen molar-refractivity contribution in [2.75, 3.05) is 0 Å². The van der Waals surface area contributed by atoms with Crippen molar-refractivity contribution in [1.29, 1.82) is 0 Å². The van der Waals surface area contributed by atoms with Crippen LogP contribution in [0.2, 0.25) is 5.02 Å². The summed E-state index contributed by atoms with van der Waals surface area (Å²) in [5, 5.41) is 9.63. The quantitative estimate of drug-likeness (QED) is 0.915. The fraction of sp³-hybridized carbons (Fsp3) is 0.385. The molecule has 4 nitrogen and oxygen atoms in total. The van der Waals surface area contributed by atoms with Gasteiger partial charge >= 0.3 is 5.97 Å². The number of hydrogen-bond acceptors (Lipinski definition) is 2. The van der Waals surface area contributed by atoms with Crippen LogP contribution in [0.5, 0.6) is 0 Å². The Hall–Kier alpha value is -1.55. The highest BCUT2D eigenvalue weighted by atomic mass is 35.5. The maximum atomic E-state index is 12.2. The number of halogens is 1. The highest BCUT2D eigenvalue weighted by molar-refractivity contribution is 6.34. The normalized spacial score (nSPS) is 16.0. The number of carbonyl (C=O) groups excluding carboxylic acids is 1. The van der Waals surface area contributed by atoms with Crippen LogP contribution >= 0.6 is 11.6 Å². The maximum Gasteiger partial charge on any atom is 0.326 e. The van der Waals surface area contributed by atoms with Gasteiger partial charge in [0.2, 0.25) is 0 Å². The molecule has 0 spiro atoms. The zero-order valence-electron chi connectivity index (χ0n) is 10.2. The van der Waals surface area contributed by atoms with Crippen LogP contribution in [0, 0.1) is 5.92 Å². The summed E-state index contributed by atoms with van der Waals surface area (Å²) < 4.78 is 0. The highest BCUT2D eigenvalue weighted by Gasteiger charge is 2.38. The first-order valence-electron chi connectivity index (χ1n) is 5.74. The Kier molecular flexibility index (Phi) is 3.30. The van der Waals surface area contributed by atoms with Crippen molar-refractivity contribution < 1.29 is 14.7 Å². The first-order chi connectivity index (χ1) is 8.43. The molecule has 0 aliphatic carbocycles. The van der Waals surface area contributed by atoms with Crippen LogP contribution in [0.4, 0.5) is 0 Å². The summed E-state index contributed by atoms with van der Waals surface area (Å²) in [6.45, 7) is 3.89. The van der Waals surface area contributed by atoms with Gasteiger partial charge in [-0.15, -0.1) is 0 Å². The molecule has 0 unspecified atom stereocenters. The molecule has 1 heterocycles. The lowest BCUT2D eigenvalue weighted by atomic mass is 10.0. The molecule has 18 heavy (non-hydrogen) atoms. The average Bonchev–Trinajstić information content (AvgIpc) is 2.57. The van der Waals surface area contributed by atoms with Crippen LogP contribution in [0.25, 0.3) is 0 Å². The van der Waals surface area contributed by atoms with Crippen LogP contribution < -0.4 is 0 Å². The van der Waals surface area contributed by atoms with Crippen molar-refractivity contribution in [3.63, 3.8) is 0 Å². The van der Waals surface area contributed by atoms with Gasteiger partial charge in [-0.1, -0.05) is 37.6 Å². The molecule has 1 aliphatic rings. The number of carboxylic acids is 1. The maximum absolute atomic E-state index is 12.2. The second-order valence-corrected chi connectivity index (χ2v) is 5.14. The molecule has 96 valence electrons. The molecule has 0 bridgehead atoms. The Morgan fingerprint density at radius 1 is 1.44 bits per heavy atom. The summed E-state index contributed by atoms with van der Waals surface area (Å²) in [4.78, 5) is 24.9. The van der Waals surface area contributed by atoms with Gasteiger partial charge in [0, 0.05) is 6.54 Å². The van der Waals surface area contributed by atoms with Gasteiger partial charge in [-0.2, -0.15) is 0 Å². The molecular formula is C13H14ClNO3. The van der Waals surface area contributed by atoms with E-state index in [0.717, 1.165) is 5.56 Å². The number of carbonyl (C=O) groups is 2. The Balaban J connectivity index is 2.39. The number of hydrogen-bond donors (Lipinski definition) is 1. The molecule has 1 atom stereocenters. The fourth-order valence-electron chi connectivity index (χ4n) is 2.34. The van der Waals surface area contributed by atoms with E-state index in [1.54, 1.807) is 32.0 Å². The van der Waals surface area contributed by atoms with Gasteiger partial charge in [-0.05, 0) is 17.5 Å². The standard InChI is InChI=1S/C13H14ClNO3/c1-7(2)11(13(17)18)15-6-8-4-3-5-9(14)10(8)12(15)16/h3-5,7,11H,6H2,1-2H3,(H,17,18)/t11-/m1/s1. The number of aliphatic carboxylic acids is 1. The second kappa shape index (κ2) is 4.61. The van der Waals surface area contributed by atoms with E-state index in [4.69, 9.17) is 11.6 Å². The number of nitrogens with zero attached hydrogens (tertiary/aromatic N) is 1. The van der Waals surface area contributed by atoms with E-state index >= 15 is 0 Å². The van der Waals surface area contributed by atoms with Gasteiger partial charge in [0.05, 0.1) is 10.6 Å². The summed E-state index contributed by atoms with van der Waals surface area (Å²) >= 11 is 6.00. The molecule has 0 saturated carbocycles. The second-order valence-electron chi connectivity index (χ2n) is 4.73. The molecule has 1 aliphatic heterocycles. The van der Waals surface area contributed by atoms with E-state index in [-0.39, 0.29) is 11.8 Å². The first kappa shape index (κ1) is 12.9. The van der Waals surface area contributed by atoms with Crippen molar-refractivity contribution in [2.24, 2.45) is 5.92 Å². The molecule has 2 rings (SSSR count). The Bertz CT molecular complexity index is 513. The first-order valence-corrected chi connectivity index (χ1v) is 6.12. The summed E-state index contributed by atoms with van der Waals surface area (Å²) in [7, 11) is 0. The van der Waals surface area contributed by atoms with Gasteiger partial charge in [0.25, 0.3) is 5.91 Å². The summed E-state index contributed by atoms with van der Waals surface area (Å²) in [5.41, 5.74) is 1.23. The van der Waals surface area contributed by atoms with E-state index < -0.39 is 12.0 Å². The number of fused-ring (bicyclic) bond motifs is 1. The Morgan fingerprint density at radius 2 is 2.11 bits per heavy atom. The third kappa shape index (κ3) is 1.97. The lowest BCUT2D eigenvalue weighted by molar-refractivity contribution is -0.144. The highest BCUT2D eigenvalue weighted by Crippen LogP contribution is 2.31. The van der Waals surface area contributed by atoms with Gasteiger partial charge < -0.3 is 10.0 Å². The molecule has 1 amide bonds. The molecule has 5 heteroatoms. The Morgan fingerprint density at radius 3 is 2.61 bits per heavy atom. The molecule has 1 aromatic carbocycles. The molecule has 0 radical (unpaired) electrons. The molecule has 0 aromatic heterocycles. The van der Waals surface area contributed by atoms with E-state index in [1.165, 1.54) is 4.90 Å². The third-order valence-corrected chi connectivity index (χ3v) is 3.45. The summed E-state index contributed by atoms with van der Waals surface area (Å²) in [6.07, 6.45) is 0. The average molecular weight is 268 g/mol. The molecule has 0 saturated heterocycles. The van der Waals surface area contributed by atoms with Crippen molar-refractivity contribution in [3.05, 3.63) is 34.3 Å². The number of carboxylic acid groups (broad SMARTS) is 1. The summed E-state index contributed by atoms with van der Waals surface area (Å²) in [5.74, 6) is -1.43. The van der Waals surface area contributed by atoms with E-state index in [1.807, 2.05) is 0 Å². The molecule has 1 N–H and O–H groups in total. The van der Waals surface area contributed by atoms with Crippen LogP contribution in [0.1, 0.15) is 29.8 Å². The van der Waals surface area contributed by atoms with Crippen LogP contribution in [0.15, 0.2) is 18.2 Å². The molecule has 0 fully saturated rings. The minimum atomic E-state index is -0.984. The third-order valence-electron chi connectivity index (χ3n) is 3.14. The predicted octanol–water partition coefficient (Wildman–Crippen LogP) is 2.41. The lowest BCUT2D eigenvalue weighted by Crippen LogP contribution is -2.44. The minimum absolute atomic E-state index is 0.153. The van der Waals surface area contributed by atoms with E-state index in [2.05, 4.69) is 0 Å². The zero-order chi connectivity index (χ0) is 13.4. The largest absolute Gasteiger partial charge is 0.480 e. The topological polar surface area (TPSA) is 57.6 Å². The van der Waals surface area contributed by atoms with Crippen LogP contribution in [0.3, 0.4) is 0 Å². The zero-order valence-corrected chi connectivity index (χ0v) is 10.9. The van der Waals surface area contributed by atoms with Crippen molar-refractivity contribution in [2.45, 2.75) is 26.4 Å². The van der Waals surface area contributed by atoms with E-state index in [0.29, 0.717) is 17.1 Å². The molecule has 1 aromatic rings. The summed E-state index contributed by atoms with van der Waals surface area (Å²) in [6, 6.07) is 4.40. The Labute approximate surface area is 110 Å². The van der Waals surface area contributed by atoms with Crippen molar-refractivity contribution in [3.8, 4) is 0 Å². The predicted molar refractivity (Wildman–Crippen MR) is 67.6 cm³/mol. The smallest absolute Gasteiger partial charge is 0.326 e. The minimum Gasteiger partial charge on any atom is -0.480 e.